The maximum atomic E-state index is 11.7. The van der Waals surface area contributed by atoms with E-state index in [1.54, 1.807) is 0 Å². The number of carbonyl (C=O) groups is 1. The molecule has 0 aromatic rings. The number of allylic oxidation sites excluding steroid dienone is 1. The van der Waals surface area contributed by atoms with E-state index in [1.165, 1.54) is 51.4 Å². The van der Waals surface area contributed by atoms with E-state index in [9.17, 15) is 4.79 Å². The summed E-state index contributed by atoms with van der Waals surface area (Å²) in [6, 6.07) is 0.350. The van der Waals surface area contributed by atoms with Crippen molar-refractivity contribution in [2.75, 3.05) is 0 Å². The second-order valence-electron chi connectivity index (χ2n) is 5.71. The predicted octanol–water partition coefficient (Wildman–Crippen LogP) is 3.71. The lowest BCUT2D eigenvalue weighted by Crippen LogP contribution is -2.39. The molecule has 0 spiro atoms. The number of nitrogens with one attached hydrogen (secondary N) is 2. The second-order valence-corrected chi connectivity index (χ2v) is 5.71. The van der Waals surface area contributed by atoms with Gasteiger partial charge in [0.05, 0.1) is 0 Å². The molecule has 0 heterocycles. The Balaban J connectivity index is 1.64. The lowest BCUT2D eigenvalue weighted by molar-refractivity contribution is 0.239. The highest BCUT2D eigenvalue weighted by molar-refractivity contribution is 5.75. The SMILES string of the molecule is O=C(N/C=C/C1CCCC1)NC1CCCCCC1. The minimum atomic E-state index is -0.0313. The monoisotopic (exact) mass is 250 g/mol. The Morgan fingerprint density at radius 2 is 1.50 bits per heavy atom. The number of carbonyl (C=O) groups excluding carboxylic acids is 1. The molecular weight excluding hydrogens is 224 g/mol. The molecule has 2 amide bonds. The Morgan fingerprint density at radius 3 is 2.17 bits per heavy atom. The molecule has 0 aromatic heterocycles. The minimum Gasteiger partial charge on any atom is -0.335 e. The summed E-state index contributed by atoms with van der Waals surface area (Å²) in [5.74, 6) is 0.684. The summed E-state index contributed by atoms with van der Waals surface area (Å²) in [7, 11) is 0. The fourth-order valence-corrected chi connectivity index (χ4v) is 3.06. The van der Waals surface area contributed by atoms with Crippen LogP contribution < -0.4 is 10.6 Å². The van der Waals surface area contributed by atoms with Gasteiger partial charge in [-0.1, -0.05) is 44.6 Å². The average Bonchev–Trinajstić information content (AvgIpc) is 2.74. The van der Waals surface area contributed by atoms with E-state index < -0.39 is 0 Å². The highest BCUT2D eigenvalue weighted by Crippen LogP contribution is 2.25. The summed E-state index contributed by atoms with van der Waals surface area (Å²) in [4.78, 5) is 11.7. The lowest BCUT2D eigenvalue weighted by atomic mass is 10.1. The van der Waals surface area contributed by atoms with Crippen LogP contribution in [0.15, 0.2) is 12.3 Å². The van der Waals surface area contributed by atoms with Gasteiger partial charge in [-0.05, 0) is 31.6 Å². The van der Waals surface area contributed by atoms with Crippen molar-refractivity contribution < 1.29 is 4.79 Å². The first-order valence-corrected chi connectivity index (χ1v) is 7.58. The molecule has 0 bridgehead atoms. The van der Waals surface area contributed by atoms with Crippen LogP contribution in [0.2, 0.25) is 0 Å². The largest absolute Gasteiger partial charge is 0.335 e. The minimum absolute atomic E-state index is 0.0313. The van der Waals surface area contributed by atoms with E-state index in [-0.39, 0.29) is 6.03 Å². The Bertz CT molecular complexity index is 274. The van der Waals surface area contributed by atoms with Crippen molar-refractivity contribution in [2.24, 2.45) is 5.92 Å². The molecular formula is C15H26N2O. The molecule has 2 aliphatic carbocycles. The zero-order chi connectivity index (χ0) is 12.6. The highest BCUT2D eigenvalue weighted by atomic mass is 16.2. The van der Waals surface area contributed by atoms with E-state index >= 15 is 0 Å². The van der Waals surface area contributed by atoms with Crippen molar-refractivity contribution in [2.45, 2.75) is 70.3 Å². The first-order valence-electron chi connectivity index (χ1n) is 7.58. The van der Waals surface area contributed by atoms with Gasteiger partial charge in [0.1, 0.15) is 0 Å². The lowest BCUT2D eigenvalue weighted by Gasteiger charge is -2.15. The van der Waals surface area contributed by atoms with Gasteiger partial charge >= 0.3 is 6.03 Å². The molecule has 0 atom stereocenters. The predicted molar refractivity (Wildman–Crippen MR) is 74.3 cm³/mol. The molecule has 2 fully saturated rings. The number of urea groups is 1. The molecule has 3 nitrogen and oxygen atoms in total. The molecule has 2 N–H and O–H groups in total. The van der Waals surface area contributed by atoms with Gasteiger partial charge in [0.2, 0.25) is 0 Å². The van der Waals surface area contributed by atoms with Crippen LogP contribution in [0.3, 0.4) is 0 Å². The van der Waals surface area contributed by atoms with Gasteiger partial charge in [-0.3, -0.25) is 0 Å². The first-order chi connectivity index (χ1) is 8.84. The van der Waals surface area contributed by atoms with E-state index in [0.717, 1.165) is 12.8 Å². The van der Waals surface area contributed by atoms with Crippen LogP contribution in [-0.2, 0) is 0 Å². The number of hydrogen-bond donors (Lipinski definition) is 2. The van der Waals surface area contributed by atoms with Crippen LogP contribution in [0.25, 0.3) is 0 Å². The van der Waals surface area contributed by atoms with E-state index in [4.69, 9.17) is 0 Å². The van der Waals surface area contributed by atoms with Crippen LogP contribution in [0.4, 0.5) is 4.79 Å². The van der Waals surface area contributed by atoms with E-state index in [2.05, 4.69) is 16.7 Å². The van der Waals surface area contributed by atoms with Crippen molar-refractivity contribution in [1.29, 1.82) is 0 Å². The van der Waals surface area contributed by atoms with Gasteiger partial charge in [-0.2, -0.15) is 0 Å². The topological polar surface area (TPSA) is 41.1 Å². The van der Waals surface area contributed by atoms with Gasteiger partial charge in [0.15, 0.2) is 0 Å². The molecule has 3 heteroatoms. The zero-order valence-electron chi connectivity index (χ0n) is 11.3. The van der Waals surface area contributed by atoms with Gasteiger partial charge in [0.25, 0.3) is 0 Å². The van der Waals surface area contributed by atoms with Crippen LogP contribution in [-0.4, -0.2) is 12.1 Å². The summed E-state index contributed by atoms with van der Waals surface area (Å²) in [5, 5.41) is 5.93. The highest BCUT2D eigenvalue weighted by Gasteiger charge is 2.14. The molecule has 0 aliphatic heterocycles. The Labute approximate surface area is 110 Å². The third-order valence-electron chi connectivity index (χ3n) is 4.17. The summed E-state index contributed by atoms with van der Waals surface area (Å²) < 4.78 is 0. The maximum Gasteiger partial charge on any atom is 0.318 e. The van der Waals surface area contributed by atoms with Gasteiger partial charge < -0.3 is 10.6 Å². The number of rotatable bonds is 3. The molecule has 2 rings (SSSR count). The molecule has 0 radical (unpaired) electrons. The fraction of sp³-hybridized carbons (Fsp3) is 0.800. The van der Waals surface area contributed by atoms with Crippen LogP contribution in [0, 0.1) is 5.92 Å². The number of amides is 2. The standard InChI is InChI=1S/C15H26N2O/c18-15(16-12-11-13-7-5-6-8-13)17-14-9-3-1-2-4-10-14/h11-14H,1-10H2,(H2,16,17,18)/b12-11+. The third-order valence-corrected chi connectivity index (χ3v) is 4.17. The Kier molecular flexibility index (Phi) is 5.56. The van der Waals surface area contributed by atoms with Gasteiger partial charge in [0, 0.05) is 12.2 Å². The van der Waals surface area contributed by atoms with E-state index in [1.807, 2.05) is 6.20 Å². The van der Waals surface area contributed by atoms with Gasteiger partial charge in [-0.15, -0.1) is 0 Å². The second kappa shape index (κ2) is 7.45. The average molecular weight is 250 g/mol. The molecule has 18 heavy (non-hydrogen) atoms. The quantitative estimate of drug-likeness (QED) is 0.737. The van der Waals surface area contributed by atoms with E-state index in [0.29, 0.717) is 12.0 Å². The van der Waals surface area contributed by atoms with Crippen molar-refractivity contribution >= 4 is 6.03 Å². The van der Waals surface area contributed by atoms with Crippen LogP contribution >= 0.6 is 0 Å². The van der Waals surface area contributed by atoms with Crippen molar-refractivity contribution in [3.63, 3.8) is 0 Å². The Hall–Kier alpha value is -0.990. The molecule has 0 unspecified atom stereocenters. The fourth-order valence-electron chi connectivity index (χ4n) is 3.06. The first kappa shape index (κ1) is 13.4. The van der Waals surface area contributed by atoms with Crippen molar-refractivity contribution in [3.8, 4) is 0 Å². The Morgan fingerprint density at radius 1 is 0.889 bits per heavy atom. The molecule has 2 saturated carbocycles. The van der Waals surface area contributed by atoms with Crippen LogP contribution in [0.5, 0.6) is 0 Å². The van der Waals surface area contributed by atoms with Crippen molar-refractivity contribution in [3.05, 3.63) is 12.3 Å². The smallest absolute Gasteiger partial charge is 0.318 e. The van der Waals surface area contributed by atoms with Crippen molar-refractivity contribution in [1.82, 2.24) is 10.6 Å². The summed E-state index contributed by atoms with van der Waals surface area (Å²) in [6.07, 6.45) is 16.6. The number of hydrogen-bond acceptors (Lipinski definition) is 1. The normalized spacial score (nSPS) is 23.1. The molecule has 0 aromatic carbocycles. The molecule has 0 saturated heterocycles. The summed E-state index contributed by atoms with van der Waals surface area (Å²) in [5.41, 5.74) is 0. The van der Waals surface area contributed by atoms with Gasteiger partial charge in [-0.25, -0.2) is 4.79 Å². The van der Waals surface area contributed by atoms with Crippen LogP contribution in [0.1, 0.15) is 64.2 Å². The molecule has 2 aliphatic rings. The maximum absolute atomic E-state index is 11.7. The summed E-state index contributed by atoms with van der Waals surface area (Å²) >= 11 is 0. The summed E-state index contributed by atoms with van der Waals surface area (Å²) in [6.45, 7) is 0. The zero-order valence-corrected chi connectivity index (χ0v) is 11.3. The third kappa shape index (κ3) is 4.71. The molecule has 102 valence electrons.